The molecule has 0 aliphatic heterocycles. The van der Waals surface area contributed by atoms with E-state index >= 15 is 0 Å². The first kappa shape index (κ1) is 24.2. The predicted octanol–water partition coefficient (Wildman–Crippen LogP) is 5.14. The minimum Gasteiger partial charge on any atom is -0.398 e. The number of nitrogens with zero attached hydrogens (tertiary/aromatic N) is 3. The van der Waals surface area contributed by atoms with E-state index in [-0.39, 0.29) is 45.7 Å². The molecule has 0 saturated heterocycles. The fourth-order valence-corrected chi connectivity index (χ4v) is 4.45. The average molecular weight is 509 g/mol. The highest BCUT2D eigenvalue weighted by molar-refractivity contribution is 7.15. The molecule has 2 aromatic carbocycles. The molecule has 4 aromatic rings. The number of aliphatic hydroxyl groups is 1. The van der Waals surface area contributed by atoms with Crippen LogP contribution in [-0.2, 0) is 19.1 Å². The van der Waals surface area contributed by atoms with Crippen molar-refractivity contribution in [2.45, 2.75) is 38.6 Å². The Balaban J connectivity index is 1.88. The Labute approximate surface area is 201 Å². The first-order valence-electron chi connectivity index (χ1n) is 10.1. The van der Waals surface area contributed by atoms with E-state index in [0.29, 0.717) is 22.2 Å². The molecule has 0 amide bonds. The van der Waals surface area contributed by atoms with Crippen molar-refractivity contribution < 1.29 is 18.3 Å². The van der Waals surface area contributed by atoms with Gasteiger partial charge in [0.2, 0.25) is 0 Å². The van der Waals surface area contributed by atoms with Gasteiger partial charge in [-0.15, -0.1) is 11.3 Å². The van der Waals surface area contributed by atoms with E-state index in [0.717, 1.165) is 11.8 Å². The van der Waals surface area contributed by atoms with Crippen molar-refractivity contribution in [3.8, 4) is 10.6 Å². The van der Waals surface area contributed by atoms with E-state index < -0.39 is 16.7 Å². The van der Waals surface area contributed by atoms with Crippen LogP contribution >= 0.6 is 22.9 Å². The maximum Gasteiger partial charge on any atom is 0.427 e. The lowest BCUT2D eigenvalue weighted by Gasteiger charge is -2.21. The molecule has 3 N–H and O–H groups in total. The largest absolute Gasteiger partial charge is 0.427 e. The number of thiazole rings is 1. The number of hydrogen-bond donors (Lipinski definition) is 2. The molecule has 0 aliphatic rings. The first-order valence-corrected chi connectivity index (χ1v) is 11.3. The summed E-state index contributed by atoms with van der Waals surface area (Å²) in [6.07, 6.45) is -3.70. The normalized spacial score (nSPS) is 12.4. The van der Waals surface area contributed by atoms with Gasteiger partial charge in [-0.1, -0.05) is 23.7 Å². The van der Waals surface area contributed by atoms with Crippen LogP contribution in [0.15, 0.2) is 47.4 Å². The number of alkyl halides is 3. The molecule has 2 heterocycles. The van der Waals surface area contributed by atoms with Crippen molar-refractivity contribution in [3.05, 3.63) is 74.2 Å². The molecule has 11 heteroatoms. The topological polar surface area (TPSA) is 94.0 Å². The number of hydrogen-bond acceptors (Lipinski definition) is 6. The third-order valence-electron chi connectivity index (χ3n) is 5.06. The lowest BCUT2D eigenvalue weighted by molar-refractivity contribution is -0.134. The van der Waals surface area contributed by atoms with Crippen LogP contribution in [0.4, 0.5) is 18.9 Å². The zero-order valence-corrected chi connectivity index (χ0v) is 19.7. The SMILES string of the molecule is CC(C)(O)Cc1nc2cc(-c3ncc(C(F)(F)F)s3)c(N)cc2c(=O)n1Cc1ccc(Cl)cc1. The molecule has 0 atom stereocenters. The van der Waals surface area contributed by atoms with Crippen molar-refractivity contribution in [1.82, 2.24) is 14.5 Å². The van der Waals surface area contributed by atoms with Crippen LogP contribution in [-0.4, -0.2) is 25.2 Å². The van der Waals surface area contributed by atoms with E-state index in [2.05, 4.69) is 9.97 Å². The molecule has 0 spiro atoms. The zero-order valence-electron chi connectivity index (χ0n) is 18.2. The smallest absolute Gasteiger partial charge is 0.398 e. The summed E-state index contributed by atoms with van der Waals surface area (Å²) in [5.74, 6) is 0.325. The highest BCUT2D eigenvalue weighted by Gasteiger charge is 2.33. The average Bonchev–Trinajstić information content (AvgIpc) is 3.22. The van der Waals surface area contributed by atoms with Gasteiger partial charge >= 0.3 is 6.18 Å². The molecule has 0 bridgehead atoms. The lowest BCUT2D eigenvalue weighted by Crippen LogP contribution is -2.31. The molecular formula is C23H20ClF3N4O2S. The van der Waals surface area contributed by atoms with Gasteiger partial charge < -0.3 is 10.8 Å². The summed E-state index contributed by atoms with van der Waals surface area (Å²) in [6.45, 7) is 3.38. The standard InChI is InChI=1S/C23H20ClF3N4O2S/c1-22(2,33)9-19-30-17-8-14(20-29-10-18(34-20)23(25,26)27)16(28)7-15(17)21(32)31(19)11-12-3-5-13(24)6-4-12/h3-8,10,33H,9,11,28H2,1-2H3. The number of rotatable bonds is 5. The molecule has 0 radical (unpaired) electrons. The lowest BCUT2D eigenvalue weighted by atomic mass is 10.0. The van der Waals surface area contributed by atoms with Crippen LogP contribution in [0.1, 0.15) is 30.1 Å². The maximum atomic E-state index is 13.4. The molecule has 0 aliphatic carbocycles. The minimum absolute atomic E-state index is 0.0704. The number of nitrogen functional groups attached to an aromatic ring is 1. The quantitative estimate of drug-likeness (QED) is 0.364. The Hall–Kier alpha value is -2.95. The molecule has 4 rings (SSSR count). The van der Waals surface area contributed by atoms with Gasteiger partial charge in [-0.2, -0.15) is 13.2 Å². The van der Waals surface area contributed by atoms with Gasteiger partial charge in [-0.25, -0.2) is 9.97 Å². The van der Waals surface area contributed by atoms with Crippen molar-refractivity contribution in [2.24, 2.45) is 0 Å². The van der Waals surface area contributed by atoms with Crippen molar-refractivity contribution in [3.63, 3.8) is 0 Å². The van der Waals surface area contributed by atoms with Crippen LogP contribution in [0.5, 0.6) is 0 Å². The molecule has 0 unspecified atom stereocenters. The minimum atomic E-state index is -4.52. The monoisotopic (exact) mass is 508 g/mol. The van der Waals surface area contributed by atoms with Gasteiger partial charge in [-0.3, -0.25) is 9.36 Å². The van der Waals surface area contributed by atoms with E-state index in [4.69, 9.17) is 17.3 Å². The van der Waals surface area contributed by atoms with E-state index in [1.165, 1.54) is 16.7 Å². The van der Waals surface area contributed by atoms with Crippen molar-refractivity contribution >= 4 is 39.5 Å². The van der Waals surface area contributed by atoms with E-state index in [9.17, 15) is 23.1 Å². The Morgan fingerprint density at radius 2 is 1.85 bits per heavy atom. The highest BCUT2D eigenvalue weighted by atomic mass is 35.5. The van der Waals surface area contributed by atoms with E-state index in [1.807, 2.05) is 0 Å². The fraction of sp³-hybridized carbons (Fsp3) is 0.261. The molecule has 34 heavy (non-hydrogen) atoms. The fourth-order valence-electron chi connectivity index (χ4n) is 3.50. The third kappa shape index (κ3) is 5.08. The number of benzene rings is 2. The van der Waals surface area contributed by atoms with Crippen LogP contribution < -0.4 is 11.3 Å². The summed E-state index contributed by atoms with van der Waals surface area (Å²) in [7, 11) is 0. The van der Waals surface area contributed by atoms with Crippen LogP contribution in [0, 0.1) is 0 Å². The van der Waals surface area contributed by atoms with Gasteiger partial charge in [0.05, 0.1) is 29.2 Å². The number of halogens is 4. The zero-order chi connectivity index (χ0) is 24.8. The summed E-state index contributed by atoms with van der Waals surface area (Å²) in [5, 5.41) is 11.2. The second-order valence-electron chi connectivity index (χ2n) is 8.52. The Morgan fingerprint density at radius 1 is 1.18 bits per heavy atom. The van der Waals surface area contributed by atoms with Gasteiger partial charge in [0.25, 0.3) is 5.56 Å². The molecule has 178 valence electrons. The van der Waals surface area contributed by atoms with Gasteiger partial charge in [0.15, 0.2) is 0 Å². The van der Waals surface area contributed by atoms with Gasteiger partial charge in [0.1, 0.15) is 15.7 Å². The first-order chi connectivity index (χ1) is 15.8. The molecule has 2 aromatic heterocycles. The van der Waals surface area contributed by atoms with Gasteiger partial charge in [0, 0.05) is 22.7 Å². The maximum absolute atomic E-state index is 13.4. The van der Waals surface area contributed by atoms with Crippen LogP contribution in [0.3, 0.4) is 0 Å². The molecule has 0 fully saturated rings. The Morgan fingerprint density at radius 3 is 2.44 bits per heavy atom. The van der Waals surface area contributed by atoms with Gasteiger partial charge in [-0.05, 0) is 43.7 Å². The number of fused-ring (bicyclic) bond motifs is 1. The van der Waals surface area contributed by atoms with Crippen LogP contribution in [0.25, 0.3) is 21.5 Å². The molecular weight excluding hydrogens is 489 g/mol. The summed E-state index contributed by atoms with van der Waals surface area (Å²) >= 11 is 6.42. The second-order valence-corrected chi connectivity index (χ2v) is 9.99. The predicted molar refractivity (Wildman–Crippen MR) is 127 cm³/mol. The second kappa shape index (κ2) is 8.68. The summed E-state index contributed by atoms with van der Waals surface area (Å²) < 4.78 is 40.5. The number of anilines is 1. The number of nitrogens with two attached hydrogens (primary N) is 1. The molecule has 6 nitrogen and oxygen atoms in total. The summed E-state index contributed by atoms with van der Waals surface area (Å²) in [6, 6.07) is 9.85. The third-order valence-corrected chi connectivity index (χ3v) is 6.39. The van der Waals surface area contributed by atoms with Crippen molar-refractivity contribution in [1.29, 1.82) is 0 Å². The molecule has 0 saturated carbocycles. The van der Waals surface area contributed by atoms with Crippen molar-refractivity contribution in [2.75, 3.05) is 5.73 Å². The van der Waals surface area contributed by atoms with E-state index in [1.54, 1.807) is 38.1 Å². The Kier molecular flexibility index (Phi) is 6.17. The highest BCUT2D eigenvalue weighted by Crippen LogP contribution is 2.39. The van der Waals surface area contributed by atoms with Crippen LogP contribution in [0.2, 0.25) is 5.02 Å². The number of aromatic nitrogens is 3. The Bertz CT molecular complexity index is 1420. The summed E-state index contributed by atoms with van der Waals surface area (Å²) in [5.41, 5.74) is 6.00. The summed E-state index contributed by atoms with van der Waals surface area (Å²) in [4.78, 5) is 21.0.